The van der Waals surface area contributed by atoms with E-state index >= 15 is 0 Å². The first-order chi connectivity index (χ1) is 16.5. The van der Waals surface area contributed by atoms with Gasteiger partial charge in [0.2, 0.25) is 5.78 Å². The SMILES string of the molecule is COc1ccc(CNC(=O)c2ccc3c(=O)n(-c4ccc(F)cc4)c4nnc(C)n4c3c2)cc1. The number of ether oxygens (including phenoxy) is 1. The highest BCUT2D eigenvalue weighted by molar-refractivity contribution is 5.98. The number of aromatic nitrogens is 4. The second-order valence-electron chi connectivity index (χ2n) is 7.76. The molecule has 0 fully saturated rings. The van der Waals surface area contributed by atoms with E-state index in [9.17, 15) is 14.0 Å². The molecule has 0 aliphatic heterocycles. The molecular weight excluding hydrogens is 437 g/mol. The van der Waals surface area contributed by atoms with Crippen LogP contribution in [0.2, 0.25) is 0 Å². The zero-order chi connectivity index (χ0) is 23.8. The fraction of sp³-hybridized carbons (Fsp3) is 0.120. The van der Waals surface area contributed by atoms with Gasteiger partial charge in [-0.25, -0.2) is 8.96 Å². The summed E-state index contributed by atoms with van der Waals surface area (Å²) in [5.74, 6) is 0.879. The Morgan fingerprint density at radius 1 is 1.03 bits per heavy atom. The number of nitrogens with one attached hydrogen (secondary N) is 1. The largest absolute Gasteiger partial charge is 0.497 e. The van der Waals surface area contributed by atoms with Crippen molar-refractivity contribution in [1.29, 1.82) is 0 Å². The minimum absolute atomic E-state index is 0.275. The van der Waals surface area contributed by atoms with Gasteiger partial charge in [-0.15, -0.1) is 10.2 Å². The normalized spacial score (nSPS) is 11.1. The highest BCUT2D eigenvalue weighted by Gasteiger charge is 2.18. The molecule has 5 rings (SSSR count). The number of hydrogen-bond acceptors (Lipinski definition) is 5. The number of carbonyl (C=O) groups is 1. The molecule has 5 aromatic rings. The molecule has 0 aliphatic rings. The fourth-order valence-corrected chi connectivity index (χ4v) is 3.88. The zero-order valence-corrected chi connectivity index (χ0v) is 18.4. The van der Waals surface area contributed by atoms with Gasteiger partial charge in [-0.05, 0) is 67.1 Å². The smallest absolute Gasteiger partial charge is 0.267 e. The molecule has 2 aromatic heterocycles. The molecule has 0 radical (unpaired) electrons. The maximum absolute atomic E-state index is 13.4. The Bertz CT molecular complexity index is 1590. The Morgan fingerprint density at radius 3 is 2.47 bits per heavy atom. The number of benzene rings is 3. The van der Waals surface area contributed by atoms with E-state index in [-0.39, 0.29) is 17.2 Å². The van der Waals surface area contributed by atoms with Crippen LogP contribution in [0.1, 0.15) is 21.7 Å². The highest BCUT2D eigenvalue weighted by atomic mass is 19.1. The maximum Gasteiger partial charge on any atom is 0.267 e. The van der Waals surface area contributed by atoms with E-state index < -0.39 is 5.82 Å². The second-order valence-corrected chi connectivity index (χ2v) is 7.76. The van der Waals surface area contributed by atoms with E-state index in [0.29, 0.717) is 34.5 Å². The van der Waals surface area contributed by atoms with Gasteiger partial charge in [0.25, 0.3) is 11.5 Å². The summed E-state index contributed by atoms with van der Waals surface area (Å²) in [6.07, 6.45) is 0. The van der Waals surface area contributed by atoms with Gasteiger partial charge in [0.05, 0.1) is 23.7 Å². The Balaban J connectivity index is 1.55. The molecule has 0 aliphatic carbocycles. The predicted molar refractivity (Wildman–Crippen MR) is 125 cm³/mol. The van der Waals surface area contributed by atoms with Crippen LogP contribution in [0.4, 0.5) is 4.39 Å². The minimum atomic E-state index is -0.406. The van der Waals surface area contributed by atoms with Gasteiger partial charge in [0.1, 0.15) is 17.4 Å². The molecule has 170 valence electrons. The number of methoxy groups -OCH3 is 1. The van der Waals surface area contributed by atoms with Crippen LogP contribution < -0.4 is 15.6 Å². The molecule has 2 heterocycles. The average molecular weight is 457 g/mol. The van der Waals surface area contributed by atoms with Gasteiger partial charge in [-0.2, -0.15) is 0 Å². The van der Waals surface area contributed by atoms with Gasteiger partial charge < -0.3 is 10.1 Å². The first kappa shape index (κ1) is 21.3. The monoisotopic (exact) mass is 457 g/mol. The van der Waals surface area contributed by atoms with Crippen LogP contribution in [0.25, 0.3) is 22.4 Å². The molecule has 1 N–H and O–H groups in total. The van der Waals surface area contributed by atoms with E-state index in [0.717, 1.165) is 11.3 Å². The van der Waals surface area contributed by atoms with Crippen LogP contribution in [0.3, 0.4) is 0 Å². The van der Waals surface area contributed by atoms with Crippen molar-refractivity contribution in [2.24, 2.45) is 0 Å². The second kappa shape index (κ2) is 8.43. The summed E-state index contributed by atoms with van der Waals surface area (Å²) < 4.78 is 21.7. The van der Waals surface area contributed by atoms with E-state index in [2.05, 4.69) is 15.5 Å². The number of amides is 1. The molecule has 0 saturated carbocycles. The third-order valence-corrected chi connectivity index (χ3v) is 5.64. The highest BCUT2D eigenvalue weighted by Crippen LogP contribution is 2.20. The molecule has 0 bridgehead atoms. The van der Waals surface area contributed by atoms with Crippen molar-refractivity contribution in [2.75, 3.05) is 7.11 Å². The fourth-order valence-electron chi connectivity index (χ4n) is 3.88. The molecule has 0 atom stereocenters. The zero-order valence-electron chi connectivity index (χ0n) is 18.4. The Labute approximate surface area is 193 Å². The molecule has 0 unspecified atom stereocenters. The van der Waals surface area contributed by atoms with Gasteiger partial charge in [-0.3, -0.25) is 14.0 Å². The predicted octanol–water partition coefficient (Wildman–Crippen LogP) is 3.42. The van der Waals surface area contributed by atoms with E-state index in [1.807, 2.05) is 24.3 Å². The summed E-state index contributed by atoms with van der Waals surface area (Å²) in [7, 11) is 1.60. The van der Waals surface area contributed by atoms with Gasteiger partial charge in [0.15, 0.2) is 0 Å². The van der Waals surface area contributed by atoms with E-state index in [4.69, 9.17) is 4.74 Å². The lowest BCUT2D eigenvalue weighted by molar-refractivity contribution is 0.0951. The third-order valence-electron chi connectivity index (χ3n) is 5.64. The summed E-state index contributed by atoms with van der Waals surface area (Å²) in [6.45, 7) is 2.10. The van der Waals surface area contributed by atoms with Crippen LogP contribution in [0.15, 0.2) is 71.5 Å². The molecule has 34 heavy (non-hydrogen) atoms. The topological polar surface area (TPSA) is 90.5 Å². The molecule has 0 spiro atoms. The Kier molecular flexibility index (Phi) is 5.29. The third kappa shape index (κ3) is 3.66. The molecule has 0 saturated heterocycles. The van der Waals surface area contributed by atoms with Crippen LogP contribution in [-0.4, -0.2) is 32.2 Å². The van der Waals surface area contributed by atoms with Gasteiger partial charge in [-0.1, -0.05) is 12.1 Å². The van der Waals surface area contributed by atoms with Crippen molar-refractivity contribution < 1.29 is 13.9 Å². The molecular formula is C25H20FN5O3. The van der Waals surface area contributed by atoms with Crippen molar-refractivity contribution in [3.63, 3.8) is 0 Å². The van der Waals surface area contributed by atoms with Crippen LogP contribution in [-0.2, 0) is 6.54 Å². The lowest BCUT2D eigenvalue weighted by Crippen LogP contribution is -2.24. The van der Waals surface area contributed by atoms with Crippen molar-refractivity contribution in [2.45, 2.75) is 13.5 Å². The average Bonchev–Trinajstić information content (AvgIpc) is 3.25. The first-order valence-corrected chi connectivity index (χ1v) is 10.5. The van der Waals surface area contributed by atoms with Gasteiger partial charge in [0, 0.05) is 12.1 Å². The summed E-state index contributed by atoms with van der Waals surface area (Å²) in [6, 6.07) is 17.9. The number of carbonyl (C=O) groups excluding carboxylic acids is 1. The summed E-state index contributed by atoms with van der Waals surface area (Å²) >= 11 is 0. The van der Waals surface area contributed by atoms with E-state index in [1.165, 1.54) is 28.8 Å². The maximum atomic E-state index is 13.4. The number of hydrogen-bond donors (Lipinski definition) is 1. The first-order valence-electron chi connectivity index (χ1n) is 10.5. The number of rotatable bonds is 5. The Morgan fingerprint density at radius 2 is 1.76 bits per heavy atom. The number of halogens is 1. The summed E-state index contributed by atoms with van der Waals surface area (Å²) in [5.41, 5.74) is 1.96. The number of nitrogens with zero attached hydrogens (tertiary/aromatic N) is 4. The molecule has 3 aromatic carbocycles. The minimum Gasteiger partial charge on any atom is -0.497 e. The van der Waals surface area contributed by atoms with Crippen molar-refractivity contribution >= 4 is 22.6 Å². The lowest BCUT2D eigenvalue weighted by Gasteiger charge is -2.12. The summed E-state index contributed by atoms with van der Waals surface area (Å²) in [4.78, 5) is 26.2. The van der Waals surface area contributed by atoms with Crippen LogP contribution in [0, 0.1) is 12.7 Å². The molecule has 8 nitrogen and oxygen atoms in total. The van der Waals surface area contributed by atoms with Crippen LogP contribution in [0.5, 0.6) is 5.75 Å². The van der Waals surface area contributed by atoms with Crippen molar-refractivity contribution in [3.05, 3.63) is 99.9 Å². The lowest BCUT2D eigenvalue weighted by atomic mass is 10.1. The molecule has 9 heteroatoms. The number of aryl methyl sites for hydroxylation is 1. The van der Waals surface area contributed by atoms with Crippen molar-refractivity contribution in [3.8, 4) is 11.4 Å². The van der Waals surface area contributed by atoms with Gasteiger partial charge >= 0.3 is 0 Å². The number of fused-ring (bicyclic) bond motifs is 3. The quantitative estimate of drug-likeness (QED) is 0.437. The molecule has 1 amide bonds. The van der Waals surface area contributed by atoms with E-state index in [1.54, 1.807) is 36.6 Å². The Hall–Kier alpha value is -4.53. The van der Waals surface area contributed by atoms with Crippen LogP contribution >= 0.6 is 0 Å². The standard InChI is InChI=1S/C25H20FN5O3/c1-15-28-29-25-30(15)22-13-17(23(32)27-14-16-3-10-20(34-2)11-4-16)5-12-21(22)24(33)31(25)19-8-6-18(26)7-9-19/h3-13H,14H2,1-2H3,(H,27,32). The summed E-state index contributed by atoms with van der Waals surface area (Å²) in [5, 5.41) is 11.6. The van der Waals surface area contributed by atoms with Crippen molar-refractivity contribution in [1.82, 2.24) is 24.5 Å².